The van der Waals surface area contributed by atoms with E-state index in [1.165, 1.54) is 37.1 Å². The van der Waals surface area contributed by atoms with E-state index in [1.54, 1.807) is 25.1 Å². The summed E-state index contributed by atoms with van der Waals surface area (Å²) < 4.78 is 26.2. The van der Waals surface area contributed by atoms with Gasteiger partial charge < -0.3 is 19.4 Å². The minimum atomic E-state index is -0.496. The van der Waals surface area contributed by atoms with Gasteiger partial charge in [0.15, 0.2) is 17.1 Å². The number of anilines is 1. The van der Waals surface area contributed by atoms with Crippen LogP contribution in [0.4, 0.5) is 10.1 Å². The zero-order valence-electron chi connectivity index (χ0n) is 17.6. The van der Waals surface area contributed by atoms with Crippen molar-refractivity contribution in [3.05, 3.63) is 58.1 Å². The number of amides is 1. The Morgan fingerprint density at radius 2 is 1.97 bits per heavy atom. The van der Waals surface area contributed by atoms with Crippen LogP contribution in [0.1, 0.15) is 25.8 Å². The van der Waals surface area contributed by atoms with Crippen LogP contribution < -0.4 is 14.8 Å². The van der Waals surface area contributed by atoms with Gasteiger partial charge in [0.2, 0.25) is 5.91 Å². The molecule has 1 amide bonds. The predicted molar refractivity (Wildman–Crippen MR) is 124 cm³/mol. The van der Waals surface area contributed by atoms with Crippen molar-refractivity contribution < 1.29 is 18.7 Å². The molecule has 0 saturated heterocycles. The van der Waals surface area contributed by atoms with Crippen molar-refractivity contribution in [1.82, 2.24) is 14.8 Å². The molecule has 2 aromatic carbocycles. The van der Waals surface area contributed by atoms with Gasteiger partial charge in [-0.1, -0.05) is 35.0 Å². The Bertz CT molecular complexity index is 1110. The second kappa shape index (κ2) is 10.9. The lowest BCUT2D eigenvalue weighted by Gasteiger charge is -2.16. The van der Waals surface area contributed by atoms with Crippen molar-refractivity contribution in [1.29, 1.82) is 0 Å². The molecule has 0 spiro atoms. The van der Waals surface area contributed by atoms with Gasteiger partial charge >= 0.3 is 0 Å². The van der Waals surface area contributed by atoms with Crippen molar-refractivity contribution in [2.45, 2.75) is 31.7 Å². The van der Waals surface area contributed by atoms with Crippen LogP contribution >= 0.6 is 35.0 Å². The van der Waals surface area contributed by atoms with E-state index in [1.807, 2.05) is 11.5 Å². The van der Waals surface area contributed by atoms with Gasteiger partial charge in [0.05, 0.1) is 23.6 Å². The van der Waals surface area contributed by atoms with Gasteiger partial charge in [0.25, 0.3) is 0 Å². The Hall–Kier alpha value is -2.49. The first-order chi connectivity index (χ1) is 15.3. The number of carbonyl (C=O) groups excluding carboxylic acids is 1. The third-order valence-electron chi connectivity index (χ3n) is 4.39. The smallest absolute Gasteiger partial charge is 0.234 e. The number of thioether (sulfide) groups is 1. The number of benzene rings is 2. The molecule has 1 atom stereocenters. The lowest BCUT2D eigenvalue weighted by Crippen LogP contribution is -2.16. The van der Waals surface area contributed by atoms with E-state index in [-0.39, 0.29) is 16.7 Å². The topological polar surface area (TPSA) is 78.3 Å². The van der Waals surface area contributed by atoms with E-state index in [2.05, 4.69) is 15.5 Å². The Morgan fingerprint density at radius 3 is 2.66 bits per heavy atom. The molecule has 0 aliphatic carbocycles. The minimum Gasteiger partial charge on any atom is -0.495 e. The minimum absolute atomic E-state index is 0.104. The average molecular weight is 499 g/mol. The zero-order chi connectivity index (χ0) is 23.3. The molecule has 11 heteroatoms. The summed E-state index contributed by atoms with van der Waals surface area (Å²) in [5.74, 6) is 0.830. The summed E-state index contributed by atoms with van der Waals surface area (Å²) in [5.41, 5.74) is 0.487. The van der Waals surface area contributed by atoms with Gasteiger partial charge in [-0.2, -0.15) is 0 Å². The van der Waals surface area contributed by atoms with E-state index in [0.29, 0.717) is 39.7 Å². The second-order valence-electron chi connectivity index (χ2n) is 6.60. The molecule has 1 heterocycles. The first-order valence-electron chi connectivity index (χ1n) is 9.63. The Labute approximate surface area is 199 Å². The number of rotatable bonds is 9. The van der Waals surface area contributed by atoms with Crippen LogP contribution in [-0.2, 0) is 11.3 Å². The fraction of sp³-hybridized carbons (Fsp3) is 0.286. The molecule has 0 saturated carbocycles. The van der Waals surface area contributed by atoms with E-state index in [0.717, 1.165) is 0 Å². The highest BCUT2D eigenvalue weighted by Crippen LogP contribution is 2.31. The number of halogens is 3. The van der Waals surface area contributed by atoms with Crippen molar-refractivity contribution >= 4 is 46.6 Å². The lowest BCUT2D eigenvalue weighted by molar-refractivity contribution is -0.113. The summed E-state index contributed by atoms with van der Waals surface area (Å²) in [5, 5.41) is 12.4. The van der Waals surface area contributed by atoms with Crippen molar-refractivity contribution in [3.63, 3.8) is 0 Å². The molecule has 3 rings (SSSR count). The third kappa shape index (κ3) is 5.85. The number of hydrogen-bond donors (Lipinski definition) is 1. The molecule has 0 radical (unpaired) electrons. The normalized spacial score (nSPS) is 11.8. The molecule has 1 N–H and O–H groups in total. The van der Waals surface area contributed by atoms with E-state index in [9.17, 15) is 9.18 Å². The van der Waals surface area contributed by atoms with Crippen molar-refractivity contribution in [3.8, 4) is 11.5 Å². The monoisotopic (exact) mass is 498 g/mol. The van der Waals surface area contributed by atoms with Crippen LogP contribution in [0, 0.1) is 5.82 Å². The summed E-state index contributed by atoms with van der Waals surface area (Å²) in [6.07, 6.45) is -0.496. The Morgan fingerprint density at radius 1 is 1.22 bits per heavy atom. The molecule has 1 aromatic heterocycles. The van der Waals surface area contributed by atoms with Gasteiger partial charge in [-0.15, -0.1) is 10.2 Å². The summed E-state index contributed by atoms with van der Waals surface area (Å²) >= 11 is 13.3. The summed E-state index contributed by atoms with van der Waals surface area (Å²) in [4.78, 5) is 12.5. The molecule has 170 valence electrons. The van der Waals surface area contributed by atoms with Gasteiger partial charge in [-0.3, -0.25) is 4.79 Å². The first-order valence-corrected chi connectivity index (χ1v) is 11.4. The molecular formula is C21H21Cl2FN4O3S. The highest BCUT2D eigenvalue weighted by molar-refractivity contribution is 7.99. The van der Waals surface area contributed by atoms with Gasteiger partial charge in [-0.05, 0) is 50.2 Å². The number of carbonyl (C=O) groups is 1. The quantitative estimate of drug-likeness (QED) is 0.385. The molecule has 1 unspecified atom stereocenters. The SMILES string of the molecule is CCn1c(SCC(=O)Nc2cc(Cl)ccc2OC)nnc1C(C)Oc1ccc(F)cc1Cl. The van der Waals surface area contributed by atoms with Crippen molar-refractivity contribution in [2.24, 2.45) is 0 Å². The van der Waals surface area contributed by atoms with Crippen LogP contribution in [-0.4, -0.2) is 33.5 Å². The summed E-state index contributed by atoms with van der Waals surface area (Å²) in [6.45, 7) is 4.30. The molecule has 0 bridgehead atoms. The number of methoxy groups -OCH3 is 1. The second-order valence-corrected chi connectivity index (χ2v) is 8.39. The summed E-state index contributed by atoms with van der Waals surface area (Å²) in [6, 6.07) is 8.90. The number of aromatic nitrogens is 3. The van der Waals surface area contributed by atoms with Gasteiger partial charge in [-0.25, -0.2) is 4.39 Å². The Kier molecular flexibility index (Phi) is 8.22. The maximum atomic E-state index is 13.3. The summed E-state index contributed by atoms with van der Waals surface area (Å²) in [7, 11) is 1.52. The molecule has 7 nitrogen and oxygen atoms in total. The van der Waals surface area contributed by atoms with Gasteiger partial charge in [0.1, 0.15) is 17.3 Å². The van der Waals surface area contributed by atoms with Crippen LogP contribution in [0.3, 0.4) is 0 Å². The van der Waals surface area contributed by atoms with Crippen LogP contribution in [0.15, 0.2) is 41.6 Å². The molecule has 32 heavy (non-hydrogen) atoms. The number of hydrogen-bond acceptors (Lipinski definition) is 6. The standard InChI is InChI=1S/C21H21Cl2FN4O3S/c1-4-28-20(12(2)31-17-8-6-14(24)10-15(17)23)26-27-21(28)32-11-19(29)25-16-9-13(22)5-7-18(16)30-3/h5-10,12H,4,11H2,1-3H3,(H,25,29). The molecule has 0 aliphatic rings. The first kappa shape index (κ1) is 24.2. The van der Waals surface area contributed by atoms with Crippen molar-refractivity contribution in [2.75, 3.05) is 18.2 Å². The van der Waals surface area contributed by atoms with E-state index in [4.69, 9.17) is 32.7 Å². The maximum Gasteiger partial charge on any atom is 0.234 e. The fourth-order valence-corrected chi connectivity index (χ4v) is 4.11. The number of nitrogens with one attached hydrogen (secondary N) is 1. The highest BCUT2D eigenvalue weighted by Gasteiger charge is 2.20. The largest absolute Gasteiger partial charge is 0.495 e. The zero-order valence-corrected chi connectivity index (χ0v) is 19.9. The van der Waals surface area contributed by atoms with E-state index >= 15 is 0 Å². The maximum absolute atomic E-state index is 13.3. The lowest BCUT2D eigenvalue weighted by atomic mass is 10.3. The highest BCUT2D eigenvalue weighted by atomic mass is 35.5. The van der Waals surface area contributed by atoms with Crippen LogP contribution in [0.2, 0.25) is 10.0 Å². The van der Waals surface area contributed by atoms with Crippen LogP contribution in [0.5, 0.6) is 11.5 Å². The average Bonchev–Trinajstić information content (AvgIpc) is 3.17. The number of ether oxygens (including phenoxy) is 2. The van der Waals surface area contributed by atoms with E-state index < -0.39 is 11.9 Å². The van der Waals surface area contributed by atoms with Gasteiger partial charge in [0, 0.05) is 11.6 Å². The third-order valence-corrected chi connectivity index (χ3v) is 5.89. The fourth-order valence-electron chi connectivity index (χ4n) is 2.91. The Balaban J connectivity index is 1.67. The predicted octanol–water partition coefficient (Wildman–Crippen LogP) is 5.62. The molecule has 0 aliphatic heterocycles. The molecular weight excluding hydrogens is 478 g/mol. The van der Waals surface area contributed by atoms with Crippen LogP contribution in [0.25, 0.3) is 0 Å². The molecule has 0 fully saturated rings. The molecule has 3 aromatic rings. The number of nitrogens with zero attached hydrogens (tertiary/aromatic N) is 3.